The number of rotatable bonds is 4. The first kappa shape index (κ1) is 23.3. The lowest BCUT2D eigenvalue weighted by molar-refractivity contribution is -0.0506. The van der Waals surface area contributed by atoms with Crippen LogP contribution in [-0.2, 0) is 4.57 Å². The molecule has 3 aromatic carbocycles. The van der Waals surface area contributed by atoms with Gasteiger partial charge in [0.15, 0.2) is 0 Å². The highest BCUT2D eigenvalue weighted by atomic mass is 31.2. The largest absolute Gasteiger partial charge is 0.434 e. The quantitative estimate of drug-likeness (QED) is 0.249. The molecule has 38 heavy (non-hydrogen) atoms. The molecular formula is C28H22F3N4O2P. The Morgan fingerprint density at radius 1 is 1.05 bits per heavy atom. The fraction of sp³-hybridized carbons (Fsp3) is 0.214. The van der Waals surface area contributed by atoms with E-state index in [-0.39, 0.29) is 23.1 Å². The third-order valence-electron chi connectivity index (χ3n) is 7.49. The number of ether oxygens (including phenoxy) is 1. The molecule has 0 saturated heterocycles. The molecule has 2 bridgehead atoms. The zero-order chi connectivity index (χ0) is 26.3. The Balaban J connectivity index is 1.44. The van der Waals surface area contributed by atoms with E-state index in [4.69, 9.17) is 9.72 Å². The zero-order valence-corrected chi connectivity index (χ0v) is 21.4. The van der Waals surface area contributed by atoms with Crippen LogP contribution in [0.5, 0.6) is 5.75 Å². The van der Waals surface area contributed by atoms with Gasteiger partial charge in [0.25, 0.3) is 0 Å². The molecule has 4 heterocycles. The van der Waals surface area contributed by atoms with Gasteiger partial charge in [-0.1, -0.05) is 24.3 Å². The molecule has 0 spiro atoms. The molecule has 5 aromatic rings. The van der Waals surface area contributed by atoms with Crippen LogP contribution >= 0.6 is 7.14 Å². The first-order valence-corrected chi connectivity index (χ1v) is 14.8. The van der Waals surface area contributed by atoms with Crippen molar-refractivity contribution in [2.24, 2.45) is 0 Å². The van der Waals surface area contributed by atoms with Crippen LogP contribution < -0.4 is 10.0 Å². The monoisotopic (exact) mass is 534 g/mol. The van der Waals surface area contributed by atoms with Gasteiger partial charge in [-0.15, -0.1) is 0 Å². The molecule has 192 valence electrons. The summed E-state index contributed by atoms with van der Waals surface area (Å²) in [6.07, 6.45) is 4.19. The van der Waals surface area contributed by atoms with Gasteiger partial charge >= 0.3 is 6.61 Å². The summed E-state index contributed by atoms with van der Waals surface area (Å²) in [6.45, 7) is 0.123. The molecule has 0 fully saturated rings. The summed E-state index contributed by atoms with van der Waals surface area (Å²) in [5.74, 6) is 1.10. The number of aromatic nitrogens is 4. The van der Waals surface area contributed by atoms with Crippen molar-refractivity contribution in [1.29, 1.82) is 0 Å². The summed E-state index contributed by atoms with van der Waals surface area (Å²) in [5.41, 5.74) is 4.36. The Kier molecular flexibility index (Phi) is 4.95. The van der Waals surface area contributed by atoms with E-state index in [0.29, 0.717) is 23.4 Å². The Hall–Kier alpha value is -3.84. The fourth-order valence-corrected chi connectivity index (χ4v) is 6.95. The van der Waals surface area contributed by atoms with Gasteiger partial charge in [-0.25, -0.2) is 14.4 Å². The van der Waals surface area contributed by atoms with E-state index in [2.05, 4.69) is 9.55 Å². The van der Waals surface area contributed by atoms with Gasteiger partial charge in [0.1, 0.15) is 30.4 Å². The van der Waals surface area contributed by atoms with Crippen LogP contribution in [0.15, 0.2) is 67.0 Å². The van der Waals surface area contributed by atoms with Crippen molar-refractivity contribution in [3.05, 3.63) is 84.2 Å². The number of imidazole rings is 2. The Labute approximate surface area is 216 Å². The first-order valence-electron chi connectivity index (χ1n) is 12.2. The lowest BCUT2D eigenvalue weighted by Crippen LogP contribution is -2.13. The van der Waals surface area contributed by atoms with Gasteiger partial charge < -0.3 is 18.4 Å². The maximum atomic E-state index is 14.9. The highest BCUT2D eigenvalue weighted by Crippen LogP contribution is 2.52. The van der Waals surface area contributed by atoms with E-state index in [9.17, 15) is 17.7 Å². The van der Waals surface area contributed by atoms with Crippen LogP contribution in [0, 0.1) is 5.82 Å². The smallest absolute Gasteiger partial charge is 0.387 e. The lowest BCUT2D eigenvalue weighted by Gasteiger charge is -2.21. The van der Waals surface area contributed by atoms with Crippen LogP contribution in [0.25, 0.3) is 33.5 Å². The van der Waals surface area contributed by atoms with Crippen molar-refractivity contribution in [2.45, 2.75) is 25.1 Å². The minimum absolute atomic E-state index is 0.116. The predicted molar refractivity (Wildman–Crippen MR) is 139 cm³/mol. The third kappa shape index (κ3) is 3.38. The van der Waals surface area contributed by atoms with Crippen LogP contribution in [0.3, 0.4) is 0 Å². The van der Waals surface area contributed by atoms with Crippen LogP contribution in [0.4, 0.5) is 13.2 Å². The van der Waals surface area contributed by atoms with E-state index in [0.717, 1.165) is 28.0 Å². The summed E-state index contributed by atoms with van der Waals surface area (Å²) in [5, 5.41) is 0.219. The second-order valence-corrected chi connectivity index (χ2v) is 13.3. The first-order chi connectivity index (χ1) is 18.2. The van der Waals surface area contributed by atoms with Crippen molar-refractivity contribution in [1.82, 2.24) is 19.1 Å². The molecule has 2 aliphatic rings. The number of fused-ring (bicyclic) bond motifs is 6. The molecule has 0 amide bonds. The minimum atomic E-state index is -2.97. The van der Waals surface area contributed by atoms with E-state index < -0.39 is 19.6 Å². The van der Waals surface area contributed by atoms with Crippen LogP contribution in [0.2, 0.25) is 0 Å². The van der Waals surface area contributed by atoms with Gasteiger partial charge in [0.2, 0.25) is 0 Å². The number of nitrogens with zero attached hydrogens (tertiary/aromatic N) is 4. The maximum Gasteiger partial charge on any atom is 0.387 e. The Morgan fingerprint density at radius 3 is 2.61 bits per heavy atom. The normalized spacial score (nSPS) is 17.8. The van der Waals surface area contributed by atoms with Crippen molar-refractivity contribution in [3.8, 4) is 28.3 Å². The average Bonchev–Trinajstić information content (AvgIpc) is 3.54. The standard InChI is InChI=1S/C28H22F3N4O2P/c1-38(2,36)24-9-7-15(12-18(24)29)16-6-8-19-20(13-16)35-21-14-22(27(35)33-19)34-11-10-32-26(34)17-4-3-5-23(25(17)21)37-28(30)31/h3-13,21-22,28H,14H2,1-2H3/t21-,22-/m1/s1. The van der Waals surface area contributed by atoms with Gasteiger partial charge in [-0.3, -0.25) is 0 Å². The number of hydrogen-bond donors (Lipinski definition) is 0. The molecule has 0 unspecified atom stereocenters. The van der Waals surface area contributed by atoms with Gasteiger partial charge in [-0.05, 0) is 54.8 Å². The van der Waals surface area contributed by atoms with Crippen LogP contribution in [-0.4, -0.2) is 39.0 Å². The van der Waals surface area contributed by atoms with E-state index >= 15 is 0 Å². The molecule has 0 saturated carbocycles. The van der Waals surface area contributed by atoms with Gasteiger partial charge in [0.05, 0.1) is 23.1 Å². The number of alkyl halides is 2. The second kappa shape index (κ2) is 8.08. The van der Waals surface area contributed by atoms with Gasteiger partial charge in [-0.2, -0.15) is 8.78 Å². The average molecular weight is 534 g/mol. The van der Waals surface area contributed by atoms with Crippen molar-refractivity contribution in [3.63, 3.8) is 0 Å². The molecule has 0 radical (unpaired) electrons. The van der Waals surface area contributed by atoms with E-state index in [1.54, 1.807) is 43.8 Å². The molecule has 2 aromatic heterocycles. The molecule has 7 rings (SSSR count). The molecule has 10 heteroatoms. The van der Waals surface area contributed by atoms with Crippen molar-refractivity contribution >= 4 is 23.5 Å². The summed E-state index contributed by atoms with van der Waals surface area (Å²) >= 11 is 0. The molecule has 0 N–H and O–H groups in total. The molecule has 2 aliphatic heterocycles. The number of hydrogen-bond acceptors (Lipinski definition) is 4. The molecule has 6 nitrogen and oxygen atoms in total. The lowest BCUT2D eigenvalue weighted by atomic mass is 9.97. The molecular weight excluding hydrogens is 512 g/mol. The third-order valence-corrected chi connectivity index (χ3v) is 9.02. The second-order valence-electron chi connectivity index (χ2n) is 10.1. The minimum Gasteiger partial charge on any atom is -0.434 e. The summed E-state index contributed by atoms with van der Waals surface area (Å²) in [7, 11) is -2.75. The van der Waals surface area contributed by atoms with Crippen molar-refractivity contribution in [2.75, 3.05) is 13.3 Å². The summed E-state index contributed by atoms with van der Waals surface area (Å²) in [6, 6.07) is 15.1. The highest BCUT2D eigenvalue weighted by molar-refractivity contribution is 7.70. The predicted octanol–water partition coefficient (Wildman–Crippen LogP) is 6.45. The number of benzene rings is 3. The Bertz CT molecular complexity index is 1810. The van der Waals surface area contributed by atoms with Gasteiger partial charge in [0, 0.05) is 35.2 Å². The Morgan fingerprint density at radius 2 is 1.84 bits per heavy atom. The molecule has 0 aliphatic carbocycles. The zero-order valence-electron chi connectivity index (χ0n) is 20.5. The molecule has 2 atom stereocenters. The van der Waals surface area contributed by atoms with E-state index in [1.807, 2.05) is 35.0 Å². The summed E-state index contributed by atoms with van der Waals surface area (Å²) < 4.78 is 63.3. The fourth-order valence-electron chi connectivity index (χ4n) is 5.94. The van der Waals surface area contributed by atoms with Crippen LogP contribution in [0.1, 0.15) is 29.9 Å². The van der Waals surface area contributed by atoms with Crippen molar-refractivity contribution < 1.29 is 22.5 Å². The SMILES string of the molecule is CP(C)(=O)c1ccc(-c2ccc3nc4n(c3c2)[C@@H]2C[C@H]4n3ccnc3-c3cccc(OC(F)F)c32)cc1F. The number of halogens is 3. The van der Waals surface area contributed by atoms with E-state index in [1.165, 1.54) is 6.07 Å². The maximum absolute atomic E-state index is 14.9. The highest BCUT2D eigenvalue weighted by Gasteiger charge is 2.42. The topological polar surface area (TPSA) is 61.9 Å². The summed E-state index contributed by atoms with van der Waals surface area (Å²) in [4.78, 5) is 9.47.